The molecule has 0 aliphatic heterocycles. The molecule has 2 aromatic carbocycles. The van der Waals surface area contributed by atoms with Gasteiger partial charge in [0.15, 0.2) is 0 Å². The van der Waals surface area contributed by atoms with Crippen LogP contribution in [0.25, 0.3) is 22.2 Å². The Kier molecular flexibility index (Phi) is 5.74. The summed E-state index contributed by atoms with van der Waals surface area (Å²) in [5.41, 5.74) is 11.2. The quantitative estimate of drug-likeness (QED) is 0.567. The van der Waals surface area contributed by atoms with Crippen molar-refractivity contribution in [3.05, 3.63) is 46.5 Å². The number of hydrogen-bond donors (Lipinski definition) is 2. The first-order chi connectivity index (χ1) is 12.6. The number of unbranched alkanes of at least 4 members (excludes halogenated alkanes) is 1. The third-order valence-corrected chi connectivity index (χ3v) is 5.09. The highest BCUT2D eigenvalue weighted by molar-refractivity contribution is 6.36. The van der Waals surface area contributed by atoms with Crippen LogP contribution >= 0.6 is 11.6 Å². The van der Waals surface area contributed by atoms with Crippen molar-refractivity contribution in [2.24, 2.45) is 5.73 Å². The third kappa shape index (κ3) is 3.39. The maximum Gasteiger partial charge on any atom is 0.131 e. The Morgan fingerprint density at radius 3 is 2.58 bits per heavy atom. The molecule has 0 unspecified atom stereocenters. The molecule has 0 atom stereocenters. The number of fused-ring (bicyclic) bond motifs is 1. The molecule has 0 aliphatic carbocycles. The van der Waals surface area contributed by atoms with Crippen LogP contribution in [0.4, 0.5) is 0 Å². The van der Waals surface area contributed by atoms with Gasteiger partial charge in [-0.25, -0.2) is 0 Å². The number of aromatic amines is 1. The van der Waals surface area contributed by atoms with E-state index in [1.54, 1.807) is 14.2 Å². The maximum absolute atomic E-state index is 6.57. The van der Waals surface area contributed by atoms with Crippen LogP contribution < -0.4 is 15.2 Å². The van der Waals surface area contributed by atoms with Crippen LogP contribution in [0.5, 0.6) is 11.5 Å². The van der Waals surface area contributed by atoms with Crippen LogP contribution in [-0.2, 0) is 6.42 Å². The molecule has 1 aromatic heterocycles. The van der Waals surface area contributed by atoms with Crippen molar-refractivity contribution >= 4 is 22.5 Å². The number of benzene rings is 2. The van der Waals surface area contributed by atoms with E-state index >= 15 is 0 Å². The SMILES string of the molecule is COc1ccc(-c2[nH]c3c(C)ccc(Cl)c3c2CCCCN)c(OC)c1. The molecule has 0 aliphatic rings. The molecule has 4 nitrogen and oxygen atoms in total. The summed E-state index contributed by atoms with van der Waals surface area (Å²) in [6, 6.07) is 9.88. The molecule has 138 valence electrons. The number of halogens is 1. The van der Waals surface area contributed by atoms with Crippen molar-refractivity contribution in [3.8, 4) is 22.8 Å². The smallest absolute Gasteiger partial charge is 0.131 e. The third-order valence-electron chi connectivity index (χ3n) is 4.78. The lowest BCUT2D eigenvalue weighted by Crippen LogP contribution is -1.99. The number of aromatic nitrogens is 1. The van der Waals surface area contributed by atoms with E-state index in [0.29, 0.717) is 6.54 Å². The average Bonchev–Trinajstić information content (AvgIpc) is 3.05. The van der Waals surface area contributed by atoms with Gasteiger partial charge in [-0.05, 0) is 62.1 Å². The fourth-order valence-corrected chi connectivity index (χ4v) is 3.67. The number of H-pyrrole nitrogens is 1. The summed E-state index contributed by atoms with van der Waals surface area (Å²) in [6.07, 6.45) is 2.90. The number of nitrogens with two attached hydrogens (primary N) is 1. The summed E-state index contributed by atoms with van der Waals surface area (Å²) < 4.78 is 11.0. The van der Waals surface area contributed by atoms with E-state index in [9.17, 15) is 0 Å². The predicted molar refractivity (Wildman–Crippen MR) is 109 cm³/mol. The van der Waals surface area contributed by atoms with E-state index in [-0.39, 0.29) is 0 Å². The van der Waals surface area contributed by atoms with Gasteiger partial charge < -0.3 is 20.2 Å². The molecule has 0 spiro atoms. The second-order valence-corrected chi connectivity index (χ2v) is 6.81. The van der Waals surface area contributed by atoms with Gasteiger partial charge in [-0.1, -0.05) is 17.7 Å². The molecule has 3 N–H and O–H groups in total. The normalized spacial score (nSPS) is 11.1. The number of methoxy groups -OCH3 is 2. The Morgan fingerprint density at radius 1 is 1.08 bits per heavy atom. The molecule has 0 amide bonds. The van der Waals surface area contributed by atoms with E-state index < -0.39 is 0 Å². The van der Waals surface area contributed by atoms with Crippen LogP contribution in [0, 0.1) is 6.92 Å². The fraction of sp³-hybridized carbons (Fsp3) is 0.333. The molecule has 0 saturated heterocycles. The van der Waals surface area contributed by atoms with Crippen molar-refractivity contribution in [2.45, 2.75) is 26.2 Å². The van der Waals surface area contributed by atoms with Crippen molar-refractivity contribution in [1.29, 1.82) is 0 Å². The summed E-state index contributed by atoms with van der Waals surface area (Å²) in [4.78, 5) is 3.59. The Labute approximate surface area is 159 Å². The predicted octanol–water partition coefficient (Wildman–Crippen LogP) is 5.10. The van der Waals surface area contributed by atoms with Crippen molar-refractivity contribution in [2.75, 3.05) is 20.8 Å². The molecule has 0 bridgehead atoms. The van der Waals surface area contributed by atoms with E-state index in [2.05, 4.69) is 11.9 Å². The zero-order valence-electron chi connectivity index (χ0n) is 15.5. The Bertz CT molecular complexity index is 918. The molecule has 3 aromatic rings. The Hall–Kier alpha value is -2.17. The molecule has 3 rings (SSSR count). The highest BCUT2D eigenvalue weighted by Gasteiger charge is 2.19. The number of nitrogens with one attached hydrogen (secondary N) is 1. The molecule has 5 heteroatoms. The highest BCUT2D eigenvalue weighted by Crippen LogP contribution is 2.41. The second kappa shape index (κ2) is 8.02. The first kappa shape index (κ1) is 18.6. The molecule has 26 heavy (non-hydrogen) atoms. The second-order valence-electron chi connectivity index (χ2n) is 6.40. The lowest BCUT2D eigenvalue weighted by Gasteiger charge is -2.12. The van der Waals surface area contributed by atoms with Gasteiger partial charge in [0.25, 0.3) is 0 Å². The summed E-state index contributed by atoms with van der Waals surface area (Å²) >= 11 is 6.57. The van der Waals surface area contributed by atoms with Crippen molar-refractivity contribution in [1.82, 2.24) is 4.98 Å². The highest BCUT2D eigenvalue weighted by atomic mass is 35.5. The van der Waals surface area contributed by atoms with Gasteiger partial charge in [0, 0.05) is 17.0 Å². The van der Waals surface area contributed by atoms with Gasteiger partial charge >= 0.3 is 0 Å². The number of hydrogen-bond acceptors (Lipinski definition) is 3. The van der Waals surface area contributed by atoms with Gasteiger partial charge in [-0.3, -0.25) is 0 Å². The standard InChI is InChI=1S/C21H25ClN2O2/c1-13-7-10-17(22)19-16(6-4-5-11-23)21(24-20(13)19)15-9-8-14(25-2)12-18(15)26-3/h7-10,12,24H,4-6,11,23H2,1-3H3. The van der Waals surface area contributed by atoms with Crippen LogP contribution in [0.15, 0.2) is 30.3 Å². The number of aryl methyl sites for hydroxylation is 2. The largest absolute Gasteiger partial charge is 0.497 e. The molecule has 0 radical (unpaired) electrons. The lowest BCUT2D eigenvalue weighted by atomic mass is 9.99. The van der Waals surface area contributed by atoms with Gasteiger partial charge in [0.1, 0.15) is 11.5 Å². The molecule has 0 fully saturated rings. The minimum atomic E-state index is 0.691. The average molecular weight is 373 g/mol. The van der Waals surface area contributed by atoms with Gasteiger partial charge in [-0.15, -0.1) is 0 Å². The zero-order valence-corrected chi connectivity index (χ0v) is 16.2. The van der Waals surface area contributed by atoms with Gasteiger partial charge in [0.2, 0.25) is 0 Å². The first-order valence-electron chi connectivity index (χ1n) is 8.82. The first-order valence-corrected chi connectivity index (χ1v) is 9.20. The van der Waals surface area contributed by atoms with Crippen LogP contribution in [0.1, 0.15) is 24.0 Å². The van der Waals surface area contributed by atoms with E-state index in [0.717, 1.165) is 57.9 Å². The van der Waals surface area contributed by atoms with E-state index in [4.69, 9.17) is 26.8 Å². The van der Waals surface area contributed by atoms with Crippen LogP contribution in [0.2, 0.25) is 5.02 Å². The monoisotopic (exact) mass is 372 g/mol. The van der Waals surface area contributed by atoms with Gasteiger partial charge in [-0.2, -0.15) is 0 Å². The Morgan fingerprint density at radius 2 is 1.88 bits per heavy atom. The molecule has 0 saturated carbocycles. The van der Waals surface area contributed by atoms with Crippen LogP contribution in [-0.4, -0.2) is 25.7 Å². The molecule has 1 heterocycles. The Balaban J connectivity index is 2.23. The maximum atomic E-state index is 6.57. The summed E-state index contributed by atoms with van der Waals surface area (Å²) in [5, 5.41) is 1.86. The molecular weight excluding hydrogens is 348 g/mol. The van der Waals surface area contributed by atoms with E-state index in [1.807, 2.05) is 30.3 Å². The topological polar surface area (TPSA) is 60.3 Å². The van der Waals surface area contributed by atoms with Crippen molar-refractivity contribution < 1.29 is 9.47 Å². The lowest BCUT2D eigenvalue weighted by molar-refractivity contribution is 0.395. The van der Waals surface area contributed by atoms with Gasteiger partial charge in [0.05, 0.1) is 30.5 Å². The minimum absolute atomic E-state index is 0.691. The zero-order chi connectivity index (χ0) is 18.7. The number of ether oxygens (including phenoxy) is 2. The van der Waals surface area contributed by atoms with Crippen molar-refractivity contribution in [3.63, 3.8) is 0 Å². The summed E-state index contributed by atoms with van der Waals surface area (Å²) in [5.74, 6) is 1.53. The molecular formula is C21H25ClN2O2. The number of rotatable bonds is 7. The minimum Gasteiger partial charge on any atom is -0.497 e. The fourth-order valence-electron chi connectivity index (χ4n) is 3.39. The van der Waals surface area contributed by atoms with Crippen LogP contribution in [0.3, 0.4) is 0 Å². The van der Waals surface area contributed by atoms with E-state index in [1.165, 1.54) is 11.1 Å². The summed E-state index contributed by atoms with van der Waals surface area (Å²) in [6.45, 7) is 2.78. The summed E-state index contributed by atoms with van der Waals surface area (Å²) in [7, 11) is 3.33.